The summed E-state index contributed by atoms with van der Waals surface area (Å²) >= 11 is 0.958. The van der Waals surface area contributed by atoms with E-state index in [2.05, 4.69) is 28.2 Å². The Morgan fingerprint density at radius 3 is 2.60 bits per heavy atom. The Balaban J connectivity index is 1.83. The molecule has 220 valence electrons. The smallest absolute Gasteiger partial charge is 0.455 e. The summed E-state index contributed by atoms with van der Waals surface area (Å²) in [5, 5.41) is 4.91. The van der Waals surface area contributed by atoms with Crippen molar-refractivity contribution in [2.75, 3.05) is 6.61 Å². The number of carbonyl (C=O) groups excluding carboxylic acids is 1. The summed E-state index contributed by atoms with van der Waals surface area (Å²) in [5.41, 5.74) is 7.43. The van der Waals surface area contributed by atoms with Crippen LogP contribution >= 0.6 is 34.8 Å². The van der Waals surface area contributed by atoms with Crippen LogP contribution in [-0.2, 0) is 42.9 Å². The molecule has 20 nitrogen and oxygen atoms in total. The maximum atomic E-state index is 12.9. The summed E-state index contributed by atoms with van der Waals surface area (Å²) in [6.45, 7) is 0.247. The van der Waals surface area contributed by atoms with E-state index in [9.17, 15) is 37.9 Å². The molecule has 5 atom stereocenters. The van der Waals surface area contributed by atoms with Gasteiger partial charge in [0.25, 0.3) is 5.56 Å². The minimum absolute atomic E-state index is 0.0551. The van der Waals surface area contributed by atoms with Crippen molar-refractivity contribution in [3.8, 4) is 0 Å². The Hall–Kier alpha value is -2.47. The van der Waals surface area contributed by atoms with Crippen LogP contribution in [0.3, 0.4) is 0 Å². The van der Waals surface area contributed by atoms with E-state index in [1.807, 2.05) is 0 Å². The quantitative estimate of drug-likeness (QED) is 0.0718. The Bertz CT molecular complexity index is 1580. The molecule has 1 saturated heterocycles. The highest BCUT2D eigenvalue weighted by molar-refractivity contribution is 7.66. The number of phosphoric acid groups is 3. The predicted octanol–water partition coefficient (Wildman–Crippen LogP) is 1.57. The molecule has 1 fully saturated rings. The lowest BCUT2D eigenvalue weighted by molar-refractivity contribution is -0.0511. The van der Waals surface area contributed by atoms with Crippen LogP contribution in [-0.4, -0.2) is 53.9 Å². The van der Waals surface area contributed by atoms with Gasteiger partial charge in [0.2, 0.25) is 0 Å². The zero-order valence-electron chi connectivity index (χ0n) is 19.9. The SMILES string of the molecule is Cc1cn([C@H]2CC(OC(=O)c3sccc3CN=[N+]=[N-])[C@@H](COP(=O)(O)OP(=O)(O)OP(=O)(O)O)O2)c(=O)[nH]c1=O. The fraction of sp³-hybridized carbons (Fsp3) is 0.438. The number of phosphoric ester groups is 1. The van der Waals surface area contributed by atoms with E-state index in [1.165, 1.54) is 18.4 Å². The largest absolute Gasteiger partial charge is 0.490 e. The number of carbonyl (C=O) groups is 1. The van der Waals surface area contributed by atoms with Crippen LogP contribution in [0.5, 0.6) is 0 Å². The lowest BCUT2D eigenvalue weighted by atomic mass is 10.2. The first kappa shape index (κ1) is 32.0. The molecule has 0 aromatic carbocycles. The molecule has 3 rings (SSSR count). The maximum absolute atomic E-state index is 12.9. The van der Waals surface area contributed by atoms with Gasteiger partial charge in [-0.1, -0.05) is 5.11 Å². The topological polar surface area (TPSA) is 299 Å². The fourth-order valence-electron chi connectivity index (χ4n) is 3.35. The number of thiophene rings is 1. The van der Waals surface area contributed by atoms with Gasteiger partial charge >= 0.3 is 35.1 Å². The van der Waals surface area contributed by atoms with Gasteiger partial charge < -0.3 is 29.0 Å². The molecule has 1 aliphatic heterocycles. The summed E-state index contributed by atoms with van der Waals surface area (Å²) in [7, 11) is -17.0. The molecule has 3 unspecified atom stereocenters. The normalized spacial score (nSPS) is 22.2. The van der Waals surface area contributed by atoms with Crippen molar-refractivity contribution in [3.05, 3.63) is 64.9 Å². The molecule has 0 amide bonds. The number of hydrogen-bond acceptors (Lipinski definition) is 13. The van der Waals surface area contributed by atoms with E-state index in [-0.39, 0.29) is 23.4 Å². The number of azide groups is 1. The van der Waals surface area contributed by atoms with Crippen molar-refractivity contribution in [2.45, 2.75) is 38.3 Å². The predicted molar refractivity (Wildman–Crippen MR) is 131 cm³/mol. The molecule has 0 spiro atoms. The molecule has 0 radical (unpaired) electrons. The van der Waals surface area contributed by atoms with Crippen LogP contribution in [0.4, 0.5) is 0 Å². The third-order valence-electron chi connectivity index (χ3n) is 4.95. The van der Waals surface area contributed by atoms with E-state index < -0.39 is 65.7 Å². The van der Waals surface area contributed by atoms with Gasteiger partial charge in [-0.05, 0) is 29.5 Å². The standard InChI is InChI=1S/C16H20N5O15P3S/c1-8-6-21(16(24)19-14(8)22)12-4-10(34-15(23)13-9(2-3-40-13)5-18-20-17)11(33-12)7-32-38(28,29)36-39(30,31)35-37(25,26)27/h2-3,6,10-12H,4-5,7H2,1H3,(H,28,29)(H,30,31)(H,19,22,24)(H2,25,26,27)/t10?,11-,12-/m1/s1. The van der Waals surface area contributed by atoms with Crippen LogP contribution in [0.1, 0.15) is 33.4 Å². The highest BCUT2D eigenvalue weighted by Gasteiger charge is 2.44. The van der Waals surface area contributed by atoms with E-state index in [1.54, 1.807) is 0 Å². The Morgan fingerprint density at radius 2 is 1.95 bits per heavy atom. The van der Waals surface area contributed by atoms with E-state index in [4.69, 9.17) is 24.8 Å². The van der Waals surface area contributed by atoms with Gasteiger partial charge in [-0.25, -0.2) is 23.3 Å². The first-order chi connectivity index (χ1) is 18.5. The van der Waals surface area contributed by atoms with Crippen molar-refractivity contribution in [3.63, 3.8) is 0 Å². The summed E-state index contributed by atoms with van der Waals surface area (Å²) in [6, 6.07) is 1.51. The number of aromatic nitrogens is 2. The van der Waals surface area contributed by atoms with Crippen LogP contribution in [0, 0.1) is 6.92 Å². The van der Waals surface area contributed by atoms with Crippen LogP contribution in [0.25, 0.3) is 10.4 Å². The third-order valence-corrected chi connectivity index (χ3v) is 9.69. The lowest BCUT2D eigenvalue weighted by Gasteiger charge is -2.21. The number of ether oxygens (including phenoxy) is 2. The first-order valence-corrected chi connectivity index (χ1v) is 15.9. The van der Waals surface area contributed by atoms with Gasteiger partial charge in [0.05, 0.1) is 13.2 Å². The molecule has 0 bridgehead atoms. The highest BCUT2D eigenvalue weighted by Crippen LogP contribution is 2.66. The van der Waals surface area contributed by atoms with E-state index in [0.29, 0.717) is 5.56 Å². The highest BCUT2D eigenvalue weighted by atomic mass is 32.1. The number of rotatable bonds is 12. The molecule has 1 aliphatic rings. The molecule has 0 saturated carbocycles. The second-order valence-corrected chi connectivity index (χ2v) is 13.2. The number of nitrogens with one attached hydrogen (secondary N) is 1. The number of H-pyrrole nitrogens is 1. The first-order valence-electron chi connectivity index (χ1n) is 10.5. The van der Waals surface area contributed by atoms with E-state index in [0.717, 1.165) is 22.1 Å². The molecular weight excluding hydrogens is 627 g/mol. The van der Waals surface area contributed by atoms with Gasteiger partial charge in [-0.15, -0.1) is 11.3 Å². The van der Waals surface area contributed by atoms with Crippen molar-refractivity contribution >= 4 is 40.8 Å². The Morgan fingerprint density at radius 1 is 1.25 bits per heavy atom. The average molecular weight is 647 g/mol. The number of esters is 1. The molecular formula is C16H20N5O15P3S. The molecule has 2 aromatic rings. The van der Waals surface area contributed by atoms with Crippen molar-refractivity contribution in [1.29, 1.82) is 0 Å². The molecule has 5 N–H and O–H groups in total. The van der Waals surface area contributed by atoms with Crippen molar-refractivity contribution in [2.24, 2.45) is 5.11 Å². The van der Waals surface area contributed by atoms with Crippen LogP contribution in [0.2, 0.25) is 0 Å². The van der Waals surface area contributed by atoms with Gasteiger partial charge in [0.1, 0.15) is 23.3 Å². The summed E-state index contributed by atoms with van der Waals surface area (Å²) in [6.07, 6.45) is -3.02. The molecule has 0 aliphatic carbocycles. The van der Waals surface area contributed by atoms with Crippen molar-refractivity contribution < 1.29 is 60.7 Å². The maximum Gasteiger partial charge on any atom is 0.490 e. The zero-order chi connectivity index (χ0) is 29.9. The molecule has 24 heteroatoms. The molecule has 40 heavy (non-hydrogen) atoms. The van der Waals surface area contributed by atoms with Gasteiger partial charge in [-0.3, -0.25) is 18.9 Å². The van der Waals surface area contributed by atoms with Crippen LogP contribution < -0.4 is 11.2 Å². The van der Waals surface area contributed by atoms with E-state index >= 15 is 0 Å². The Kier molecular flexibility index (Phi) is 10.1. The summed E-state index contributed by atoms with van der Waals surface area (Å²) in [5.74, 6) is -0.916. The minimum Gasteiger partial charge on any atom is -0.455 e. The third kappa shape index (κ3) is 8.76. The lowest BCUT2D eigenvalue weighted by Crippen LogP contribution is -2.33. The number of aryl methyl sites for hydroxylation is 1. The molecule has 2 aromatic heterocycles. The second-order valence-electron chi connectivity index (χ2n) is 7.84. The fourth-order valence-corrected chi connectivity index (χ4v) is 7.18. The average Bonchev–Trinajstić information content (AvgIpc) is 3.43. The second kappa shape index (κ2) is 12.6. The Labute approximate surface area is 226 Å². The number of nitrogens with zero attached hydrogens (tertiary/aromatic N) is 4. The zero-order valence-corrected chi connectivity index (χ0v) is 23.4. The van der Waals surface area contributed by atoms with Crippen molar-refractivity contribution in [1.82, 2.24) is 9.55 Å². The van der Waals surface area contributed by atoms with Crippen LogP contribution in [0.15, 0.2) is 32.3 Å². The van der Waals surface area contributed by atoms with Gasteiger partial charge in [0.15, 0.2) is 0 Å². The van der Waals surface area contributed by atoms with Gasteiger partial charge in [0, 0.05) is 23.1 Å². The van der Waals surface area contributed by atoms with Gasteiger partial charge in [-0.2, -0.15) is 8.62 Å². The number of aromatic amines is 1. The number of hydrogen-bond donors (Lipinski definition) is 5. The minimum atomic E-state index is -5.80. The summed E-state index contributed by atoms with van der Waals surface area (Å²) < 4.78 is 58.6. The monoisotopic (exact) mass is 647 g/mol. The summed E-state index contributed by atoms with van der Waals surface area (Å²) in [4.78, 5) is 78.1. The molecule has 3 heterocycles.